The van der Waals surface area contributed by atoms with Gasteiger partial charge in [-0.15, -0.1) is 0 Å². The van der Waals surface area contributed by atoms with E-state index in [1.165, 1.54) is 28.1 Å². The summed E-state index contributed by atoms with van der Waals surface area (Å²) in [5.41, 5.74) is 6.24. The van der Waals surface area contributed by atoms with Gasteiger partial charge in [-0.3, -0.25) is 58.1 Å². The number of primary amides is 1. The van der Waals surface area contributed by atoms with Gasteiger partial charge in [0, 0.05) is 87.2 Å². The summed E-state index contributed by atoms with van der Waals surface area (Å²) in [5, 5.41) is 2.88. The van der Waals surface area contributed by atoms with Gasteiger partial charge in [-0.1, -0.05) is 60.7 Å². The number of pyridine rings is 3. The maximum atomic E-state index is 15.4. The van der Waals surface area contributed by atoms with Crippen molar-refractivity contribution in [2.24, 2.45) is 5.73 Å². The van der Waals surface area contributed by atoms with Gasteiger partial charge in [0.05, 0.1) is 18.3 Å². The van der Waals surface area contributed by atoms with Crippen LogP contribution in [0.5, 0.6) is 23.0 Å². The molecule has 0 aliphatic carbocycles. The summed E-state index contributed by atoms with van der Waals surface area (Å²) in [7, 11) is 0. The number of carbonyl (C=O) groups excluding carboxylic acids is 9. The van der Waals surface area contributed by atoms with Crippen LogP contribution in [0.1, 0.15) is 56.7 Å². The molecule has 6 fully saturated rings. The number of nitrogens with zero attached hydrogens (tertiary/aromatic N) is 7. The standard InChI is InChI=1S/C42H40N6O9.C27H25N3O5/c43-41(54)42-35(50)25-56-36(42)15-19-47(42)40(53)32(21-27-7-5-17-45-23-27)48(38(51)28-10-12-30(13-11-28)57-29-8-2-1-3-9-29)31(20-26-6-4-16-44-22-26)39(52)46-18-14-34-37(46)33(49)24-55-34;31-23-17-34-24-11-13-30(25(23)24)27(33)22(14-18-6-5-12-28-16-18)29-26(32)19-7-4-10-21(15-19)35-20-8-2-1-3-9-20/h1-13,16-17,22-23,31-32,34,36-37H,14-15,18-21,24-25H2,(H2,43,54);1-10,12,15-16,22,24-25H,11,13-14,17H2,(H,29,32). The number of amides is 6. The Kier molecular flexibility index (Phi) is 18.4. The molecule has 23 heteroatoms. The van der Waals surface area contributed by atoms with Gasteiger partial charge in [-0.25, -0.2) is 0 Å². The highest BCUT2D eigenvalue weighted by atomic mass is 16.5. The molecule has 6 aliphatic heterocycles. The van der Waals surface area contributed by atoms with Crippen LogP contribution in [0.4, 0.5) is 0 Å². The average Bonchev–Trinajstić information content (AvgIpc) is 1.54. The van der Waals surface area contributed by atoms with Crippen LogP contribution in [0, 0.1) is 0 Å². The van der Waals surface area contributed by atoms with Gasteiger partial charge in [0.25, 0.3) is 17.7 Å². The molecule has 7 aromatic rings. The fourth-order valence-corrected chi connectivity index (χ4v) is 13.1. The van der Waals surface area contributed by atoms with E-state index in [-0.39, 0.29) is 81.1 Å². The third kappa shape index (κ3) is 12.9. The van der Waals surface area contributed by atoms with Crippen molar-refractivity contribution in [2.45, 2.75) is 92.6 Å². The van der Waals surface area contributed by atoms with Gasteiger partial charge in [0.15, 0.2) is 17.3 Å². The van der Waals surface area contributed by atoms with E-state index in [9.17, 15) is 28.8 Å². The third-order valence-corrected chi connectivity index (χ3v) is 17.5. The predicted molar refractivity (Wildman–Crippen MR) is 327 cm³/mol. The maximum absolute atomic E-state index is 15.4. The number of benzene rings is 4. The SMILES string of the molecule is NC(=O)C12C(=O)COC1CCN2C(=O)C(Cc1cccnc1)N(C(=O)c1ccc(Oc2ccccc2)cc1)C(Cc1cccnc1)C(=O)N1CCC2OCC(=O)C21.O=C(NC(Cc1cccnc1)C(=O)N1CCC2OCC(=O)C21)c1cccc(Oc2ccccc2)c1. The van der Waals surface area contributed by atoms with Crippen LogP contribution < -0.4 is 20.5 Å². The molecule has 3 N–H and O–H groups in total. The van der Waals surface area contributed by atoms with E-state index in [1.807, 2.05) is 54.6 Å². The lowest BCUT2D eigenvalue weighted by atomic mass is 9.88. The molecule has 6 amide bonds. The highest BCUT2D eigenvalue weighted by Gasteiger charge is 2.66. The van der Waals surface area contributed by atoms with Crippen molar-refractivity contribution in [3.05, 3.63) is 211 Å². The highest BCUT2D eigenvalue weighted by Crippen LogP contribution is 2.40. The number of nitrogens with one attached hydrogen (secondary N) is 1. The average molecular weight is 1240 g/mol. The first-order chi connectivity index (χ1) is 44.7. The smallest absolute Gasteiger partial charge is 0.255 e. The number of hydrogen-bond donors (Lipinski definition) is 2. The topological polar surface area (TPSA) is 289 Å². The van der Waals surface area contributed by atoms with E-state index in [1.54, 1.807) is 115 Å². The molecule has 3 aromatic heterocycles. The summed E-state index contributed by atoms with van der Waals surface area (Å²) in [6.45, 7) is -0.00998. The molecule has 470 valence electrons. The number of nitrogens with two attached hydrogens (primary N) is 1. The van der Waals surface area contributed by atoms with Crippen LogP contribution in [0.15, 0.2) is 183 Å². The fourth-order valence-electron chi connectivity index (χ4n) is 13.1. The molecule has 0 bridgehead atoms. The highest BCUT2D eigenvalue weighted by molar-refractivity contribution is 6.16. The van der Waals surface area contributed by atoms with Gasteiger partial charge < -0.3 is 54.3 Å². The lowest BCUT2D eigenvalue weighted by Gasteiger charge is -2.42. The van der Waals surface area contributed by atoms with Crippen LogP contribution in [-0.2, 0) is 67.0 Å². The first-order valence-electron chi connectivity index (χ1n) is 30.4. The van der Waals surface area contributed by atoms with E-state index in [0.717, 1.165) is 10.5 Å². The second kappa shape index (κ2) is 27.4. The summed E-state index contributed by atoms with van der Waals surface area (Å²) in [6.07, 6.45) is 8.96. The number of ketones is 3. The van der Waals surface area contributed by atoms with E-state index in [2.05, 4.69) is 20.3 Å². The van der Waals surface area contributed by atoms with Crippen LogP contribution in [0.25, 0.3) is 0 Å². The largest absolute Gasteiger partial charge is 0.457 e. The Morgan fingerprint density at radius 2 is 1.05 bits per heavy atom. The monoisotopic (exact) mass is 1240 g/mol. The number of likely N-dealkylation sites (tertiary alicyclic amines) is 3. The molecule has 0 spiro atoms. The molecular formula is C69H65N9O14. The molecule has 6 aliphatic rings. The predicted octanol–water partition coefficient (Wildman–Crippen LogP) is 4.71. The van der Waals surface area contributed by atoms with Crippen molar-refractivity contribution in [1.29, 1.82) is 0 Å². The molecular weight excluding hydrogens is 1180 g/mol. The van der Waals surface area contributed by atoms with E-state index < -0.39 is 89.9 Å². The molecule has 13 rings (SSSR count). The number of hydrogen-bond acceptors (Lipinski definition) is 17. The minimum Gasteiger partial charge on any atom is -0.457 e. The Bertz CT molecular complexity index is 3870. The van der Waals surface area contributed by atoms with Gasteiger partial charge in [-0.2, -0.15) is 0 Å². The lowest BCUT2D eigenvalue weighted by Crippen LogP contribution is -2.68. The minimum absolute atomic E-state index is 0.0208. The summed E-state index contributed by atoms with van der Waals surface area (Å²) in [4.78, 5) is 143. The van der Waals surface area contributed by atoms with Crippen molar-refractivity contribution in [3.63, 3.8) is 0 Å². The van der Waals surface area contributed by atoms with Gasteiger partial charge >= 0.3 is 0 Å². The Labute approximate surface area is 528 Å². The molecule has 92 heavy (non-hydrogen) atoms. The summed E-state index contributed by atoms with van der Waals surface area (Å²) in [5.74, 6) is -2.65. The van der Waals surface area contributed by atoms with Crippen molar-refractivity contribution in [2.75, 3.05) is 39.5 Å². The minimum atomic E-state index is -2.10. The number of ether oxygens (including phenoxy) is 5. The number of Topliss-reactive ketones (excluding diaryl/α,β-unsaturated/α-hetero) is 3. The Morgan fingerprint density at radius 1 is 0.543 bits per heavy atom. The Morgan fingerprint density at radius 3 is 1.60 bits per heavy atom. The van der Waals surface area contributed by atoms with Crippen molar-refractivity contribution < 1.29 is 66.8 Å². The molecule has 23 nitrogen and oxygen atoms in total. The van der Waals surface area contributed by atoms with E-state index in [0.29, 0.717) is 59.1 Å². The summed E-state index contributed by atoms with van der Waals surface area (Å²) in [6, 6.07) is 36.7. The molecule has 0 radical (unpaired) electrons. The zero-order valence-corrected chi connectivity index (χ0v) is 49.8. The quantitative estimate of drug-likeness (QED) is 0.104. The van der Waals surface area contributed by atoms with Crippen LogP contribution in [0.3, 0.4) is 0 Å². The Hall–Kier alpha value is -10.4. The van der Waals surface area contributed by atoms with Crippen LogP contribution in [-0.4, -0.2) is 181 Å². The molecule has 4 aromatic carbocycles. The first-order valence-corrected chi connectivity index (χ1v) is 30.4. The van der Waals surface area contributed by atoms with Crippen molar-refractivity contribution in [3.8, 4) is 23.0 Å². The van der Waals surface area contributed by atoms with Crippen molar-refractivity contribution >= 4 is 52.8 Å². The normalized spacial score (nSPS) is 22.1. The number of rotatable bonds is 19. The van der Waals surface area contributed by atoms with Crippen LogP contribution in [0.2, 0.25) is 0 Å². The first kappa shape index (κ1) is 61.9. The Balaban J connectivity index is 0.000000199. The van der Waals surface area contributed by atoms with Gasteiger partial charge in [0.1, 0.15) is 73.0 Å². The van der Waals surface area contributed by atoms with E-state index in [4.69, 9.17) is 29.4 Å². The molecule has 9 atom stereocenters. The second-order valence-corrected chi connectivity index (χ2v) is 23.1. The van der Waals surface area contributed by atoms with Gasteiger partial charge in [0.2, 0.25) is 23.3 Å². The maximum Gasteiger partial charge on any atom is 0.255 e. The molecule has 9 unspecified atom stereocenters. The molecule has 0 saturated carbocycles. The second-order valence-electron chi connectivity index (χ2n) is 23.1. The lowest BCUT2D eigenvalue weighted by molar-refractivity contribution is -0.154. The molecule has 6 saturated heterocycles. The zero-order valence-electron chi connectivity index (χ0n) is 49.8. The summed E-state index contributed by atoms with van der Waals surface area (Å²) >= 11 is 0. The summed E-state index contributed by atoms with van der Waals surface area (Å²) < 4.78 is 28.7. The number of fused-ring (bicyclic) bond motifs is 3. The van der Waals surface area contributed by atoms with Gasteiger partial charge in [-0.05, 0) is 121 Å². The number of aromatic nitrogens is 3. The number of para-hydroxylation sites is 2. The number of carbonyl (C=O) groups is 9. The zero-order chi connectivity index (χ0) is 63.9. The van der Waals surface area contributed by atoms with Crippen LogP contribution >= 0.6 is 0 Å². The third-order valence-electron chi connectivity index (χ3n) is 17.5. The molecule has 9 heterocycles. The van der Waals surface area contributed by atoms with E-state index >= 15 is 14.4 Å². The fraction of sp³-hybridized carbons (Fsp3) is 0.304. The van der Waals surface area contributed by atoms with Crippen molar-refractivity contribution in [1.82, 2.24) is 39.9 Å².